The lowest BCUT2D eigenvalue weighted by Crippen LogP contribution is -2.42. The Labute approximate surface area is 121 Å². The van der Waals surface area contributed by atoms with Crippen molar-refractivity contribution in [3.05, 3.63) is 29.0 Å². The van der Waals surface area contributed by atoms with Crippen LogP contribution in [-0.2, 0) is 4.79 Å². The third-order valence-electron chi connectivity index (χ3n) is 2.18. The molecule has 2 N–H and O–H groups in total. The van der Waals surface area contributed by atoms with Crippen molar-refractivity contribution in [2.24, 2.45) is 5.92 Å². The molecule has 0 radical (unpaired) electrons. The summed E-state index contributed by atoms with van der Waals surface area (Å²) < 4.78 is 17.9. The molecule has 0 saturated heterocycles. The molecule has 1 rings (SSSR count). The number of amides is 3. The van der Waals surface area contributed by atoms with Gasteiger partial charge in [0.05, 0.1) is 5.02 Å². The number of benzene rings is 1. The topological polar surface area (TPSA) is 67.4 Å². The molecule has 0 aliphatic heterocycles. The smallest absolute Gasteiger partial charge is 0.321 e. The predicted molar refractivity (Wildman–Crippen MR) is 73.3 cm³/mol. The van der Waals surface area contributed by atoms with Crippen molar-refractivity contribution in [3.63, 3.8) is 0 Å². The van der Waals surface area contributed by atoms with Crippen molar-refractivity contribution >= 4 is 23.5 Å². The molecule has 3 amide bonds. The summed E-state index contributed by atoms with van der Waals surface area (Å²) in [4.78, 5) is 22.7. The zero-order valence-corrected chi connectivity index (χ0v) is 12.0. The fraction of sp³-hybridized carbons (Fsp3) is 0.385. The highest BCUT2D eigenvalue weighted by atomic mass is 35.5. The zero-order valence-electron chi connectivity index (χ0n) is 11.2. The molecule has 0 spiro atoms. The van der Waals surface area contributed by atoms with Gasteiger partial charge in [-0.2, -0.15) is 0 Å². The maximum absolute atomic E-state index is 12.8. The van der Waals surface area contributed by atoms with Gasteiger partial charge in [-0.05, 0) is 24.1 Å². The first-order valence-electron chi connectivity index (χ1n) is 6.04. The Morgan fingerprint density at radius 1 is 1.40 bits per heavy atom. The summed E-state index contributed by atoms with van der Waals surface area (Å²) in [7, 11) is 0. The van der Waals surface area contributed by atoms with Gasteiger partial charge < -0.3 is 10.1 Å². The van der Waals surface area contributed by atoms with Gasteiger partial charge >= 0.3 is 6.03 Å². The van der Waals surface area contributed by atoms with E-state index in [2.05, 4.69) is 10.6 Å². The maximum Gasteiger partial charge on any atom is 0.321 e. The molecule has 110 valence electrons. The van der Waals surface area contributed by atoms with E-state index in [1.54, 1.807) is 0 Å². The number of hydrogen-bond acceptors (Lipinski definition) is 3. The molecule has 20 heavy (non-hydrogen) atoms. The maximum atomic E-state index is 12.8. The average molecular weight is 303 g/mol. The minimum atomic E-state index is -0.619. The minimum absolute atomic E-state index is 0.0575. The Kier molecular flexibility index (Phi) is 6.24. The second-order valence-electron chi connectivity index (χ2n) is 4.52. The first-order chi connectivity index (χ1) is 9.38. The first-order valence-corrected chi connectivity index (χ1v) is 6.42. The molecule has 0 saturated carbocycles. The van der Waals surface area contributed by atoms with Crippen LogP contribution in [-0.4, -0.2) is 25.1 Å². The van der Waals surface area contributed by atoms with Gasteiger partial charge in [0.2, 0.25) is 0 Å². The molecule has 0 atom stereocenters. The lowest BCUT2D eigenvalue weighted by molar-refractivity contribution is -0.122. The molecule has 1 aromatic rings. The van der Waals surface area contributed by atoms with Crippen LogP contribution in [0.1, 0.15) is 13.8 Å². The standard InChI is InChI=1S/C13H16ClFN2O3/c1-8(2)6-16-13(19)17-12(18)7-20-11-4-3-9(15)5-10(11)14/h3-5,8H,6-7H2,1-2H3,(H2,16,17,18,19). The van der Waals surface area contributed by atoms with Gasteiger partial charge in [0.1, 0.15) is 11.6 Å². The van der Waals surface area contributed by atoms with Gasteiger partial charge in [-0.3, -0.25) is 10.1 Å². The number of nitrogens with one attached hydrogen (secondary N) is 2. The van der Waals surface area contributed by atoms with Crippen LogP contribution in [0.3, 0.4) is 0 Å². The predicted octanol–water partition coefficient (Wildman–Crippen LogP) is 2.34. The largest absolute Gasteiger partial charge is 0.482 e. The fourth-order valence-corrected chi connectivity index (χ4v) is 1.46. The Morgan fingerprint density at radius 3 is 2.70 bits per heavy atom. The van der Waals surface area contributed by atoms with E-state index in [4.69, 9.17) is 16.3 Å². The van der Waals surface area contributed by atoms with Crippen LogP contribution in [0.2, 0.25) is 5.02 Å². The Balaban J connectivity index is 2.38. The molecule has 0 aliphatic carbocycles. The highest BCUT2D eigenvalue weighted by Crippen LogP contribution is 2.24. The van der Waals surface area contributed by atoms with Crippen LogP contribution < -0.4 is 15.4 Å². The van der Waals surface area contributed by atoms with Crippen LogP contribution in [0, 0.1) is 11.7 Å². The quantitative estimate of drug-likeness (QED) is 0.877. The van der Waals surface area contributed by atoms with E-state index in [1.165, 1.54) is 6.07 Å². The average Bonchev–Trinajstić information content (AvgIpc) is 2.35. The molecule has 0 bridgehead atoms. The van der Waals surface area contributed by atoms with E-state index in [1.807, 2.05) is 13.8 Å². The summed E-state index contributed by atoms with van der Waals surface area (Å²) in [5, 5.41) is 4.69. The molecule has 0 heterocycles. The monoisotopic (exact) mass is 302 g/mol. The molecular formula is C13H16ClFN2O3. The second kappa shape index (κ2) is 7.69. The van der Waals surface area contributed by atoms with E-state index in [0.717, 1.165) is 12.1 Å². The van der Waals surface area contributed by atoms with Crippen molar-refractivity contribution in [1.82, 2.24) is 10.6 Å². The number of imide groups is 1. The van der Waals surface area contributed by atoms with E-state index in [-0.39, 0.29) is 23.3 Å². The van der Waals surface area contributed by atoms with Gasteiger partial charge in [-0.1, -0.05) is 25.4 Å². The van der Waals surface area contributed by atoms with Gasteiger partial charge in [-0.15, -0.1) is 0 Å². The molecule has 0 fully saturated rings. The second-order valence-corrected chi connectivity index (χ2v) is 4.92. The summed E-state index contributed by atoms with van der Waals surface area (Å²) in [6.45, 7) is 3.94. The SMILES string of the molecule is CC(C)CNC(=O)NC(=O)COc1ccc(F)cc1Cl. The summed E-state index contributed by atoms with van der Waals surface area (Å²) in [6.07, 6.45) is 0. The summed E-state index contributed by atoms with van der Waals surface area (Å²) in [5.74, 6) is -0.664. The lowest BCUT2D eigenvalue weighted by atomic mass is 10.2. The number of urea groups is 1. The van der Waals surface area contributed by atoms with Crippen LogP contribution in [0.4, 0.5) is 9.18 Å². The molecule has 5 nitrogen and oxygen atoms in total. The molecule has 7 heteroatoms. The van der Waals surface area contributed by atoms with Crippen molar-refractivity contribution in [1.29, 1.82) is 0 Å². The van der Waals surface area contributed by atoms with Crippen LogP contribution >= 0.6 is 11.6 Å². The van der Waals surface area contributed by atoms with Crippen molar-refractivity contribution < 1.29 is 18.7 Å². The lowest BCUT2D eigenvalue weighted by Gasteiger charge is -2.10. The Hall–Kier alpha value is -1.82. The summed E-state index contributed by atoms with van der Waals surface area (Å²) in [6, 6.07) is 2.96. The molecule has 0 unspecified atom stereocenters. The van der Waals surface area contributed by atoms with Gasteiger partial charge in [0.25, 0.3) is 5.91 Å². The first kappa shape index (κ1) is 16.2. The van der Waals surface area contributed by atoms with Crippen molar-refractivity contribution in [3.8, 4) is 5.75 Å². The van der Waals surface area contributed by atoms with Crippen LogP contribution in [0.5, 0.6) is 5.75 Å². The van der Waals surface area contributed by atoms with E-state index < -0.39 is 17.8 Å². The molecule has 0 aliphatic rings. The minimum Gasteiger partial charge on any atom is -0.482 e. The van der Waals surface area contributed by atoms with Gasteiger partial charge in [0.15, 0.2) is 6.61 Å². The Bertz CT molecular complexity index is 495. The van der Waals surface area contributed by atoms with E-state index in [0.29, 0.717) is 6.54 Å². The molecule has 0 aromatic heterocycles. The van der Waals surface area contributed by atoms with E-state index >= 15 is 0 Å². The van der Waals surface area contributed by atoms with Crippen LogP contribution in [0.15, 0.2) is 18.2 Å². The third-order valence-corrected chi connectivity index (χ3v) is 2.47. The fourth-order valence-electron chi connectivity index (χ4n) is 1.24. The highest BCUT2D eigenvalue weighted by Gasteiger charge is 2.10. The normalized spacial score (nSPS) is 10.2. The number of carbonyl (C=O) groups is 2. The third kappa shape index (κ3) is 5.88. The van der Waals surface area contributed by atoms with Gasteiger partial charge in [0, 0.05) is 6.54 Å². The van der Waals surface area contributed by atoms with Crippen molar-refractivity contribution in [2.75, 3.05) is 13.2 Å². The highest BCUT2D eigenvalue weighted by molar-refractivity contribution is 6.32. The zero-order chi connectivity index (χ0) is 15.1. The number of rotatable bonds is 5. The molecule has 1 aromatic carbocycles. The number of carbonyl (C=O) groups excluding carboxylic acids is 2. The number of ether oxygens (including phenoxy) is 1. The van der Waals surface area contributed by atoms with E-state index in [9.17, 15) is 14.0 Å². The van der Waals surface area contributed by atoms with Crippen molar-refractivity contribution in [2.45, 2.75) is 13.8 Å². The number of halogens is 2. The van der Waals surface area contributed by atoms with Crippen LogP contribution in [0.25, 0.3) is 0 Å². The summed E-state index contributed by atoms with van der Waals surface area (Å²) in [5.41, 5.74) is 0. The number of hydrogen-bond donors (Lipinski definition) is 2. The Morgan fingerprint density at radius 2 is 2.10 bits per heavy atom. The summed E-state index contributed by atoms with van der Waals surface area (Å²) >= 11 is 5.73. The molecular weight excluding hydrogens is 287 g/mol. The van der Waals surface area contributed by atoms with Gasteiger partial charge in [-0.25, -0.2) is 9.18 Å².